The molecule has 6 nitrogen and oxygen atoms in total. The third-order valence-electron chi connectivity index (χ3n) is 4.13. The molecule has 1 saturated heterocycles. The monoisotopic (exact) mass is 398 g/mol. The number of benzene rings is 2. The quantitative estimate of drug-likeness (QED) is 0.729. The summed E-state index contributed by atoms with van der Waals surface area (Å²) in [4.78, 5) is 19.8. The van der Waals surface area contributed by atoms with E-state index in [0.717, 1.165) is 23.4 Å². The van der Waals surface area contributed by atoms with Crippen molar-refractivity contribution in [2.45, 2.75) is 13.3 Å². The first-order valence-corrected chi connectivity index (χ1v) is 9.68. The molecule has 0 aliphatic carbocycles. The van der Waals surface area contributed by atoms with Crippen molar-refractivity contribution in [3.63, 3.8) is 0 Å². The van der Waals surface area contributed by atoms with Crippen LogP contribution in [-0.4, -0.2) is 41.8 Å². The van der Waals surface area contributed by atoms with Crippen LogP contribution in [0, 0.1) is 0 Å². The Morgan fingerprint density at radius 3 is 2.54 bits per heavy atom. The Labute approximate surface area is 168 Å². The van der Waals surface area contributed by atoms with Crippen LogP contribution in [0.1, 0.15) is 18.9 Å². The molecule has 0 unspecified atom stereocenters. The summed E-state index contributed by atoms with van der Waals surface area (Å²) >= 11 is 1.34. The predicted molar refractivity (Wildman–Crippen MR) is 112 cm³/mol. The molecule has 0 saturated carbocycles. The fourth-order valence-electron chi connectivity index (χ4n) is 2.71. The van der Waals surface area contributed by atoms with Gasteiger partial charge in [-0.2, -0.15) is 0 Å². The molecular weight excluding hydrogens is 376 g/mol. The average molecular weight is 398 g/mol. The molecular formula is C21H22N2O4S. The molecule has 2 aromatic carbocycles. The van der Waals surface area contributed by atoms with Crippen molar-refractivity contribution in [1.29, 1.82) is 0 Å². The van der Waals surface area contributed by atoms with Gasteiger partial charge in [-0.3, -0.25) is 9.69 Å². The highest BCUT2D eigenvalue weighted by molar-refractivity contribution is 8.18. The highest BCUT2D eigenvalue weighted by Crippen LogP contribution is 2.35. The van der Waals surface area contributed by atoms with Gasteiger partial charge in [0.2, 0.25) is 0 Å². The van der Waals surface area contributed by atoms with Crippen molar-refractivity contribution in [2.24, 2.45) is 4.99 Å². The number of carbonyl (C=O) groups excluding carboxylic acids is 1. The number of carbonyl (C=O) groups is 1. The molecule has 1 aliphatic heterocycles. The van der Waals surface area contributed by atoms with Crippen molar-refractivity contribution < 1.29 is 19.4 Å². The Balaban J connectivity index is 1.92. The minimum Gasteiger partial charge on any atom is -0.504 e. The van der Waals surface area contributed by atoms with Crippen molar-refractivity contribution in [1.82, 2.24) is 4.90 Å². The van der Waals surface area contributed by atoms with Crippen LogP contribution in [0.4, 0.5) is 5.69 Å². The van der Waals surface area contributed by atoms with E-state index in [1.165, 1.54) is 18.9 Å². The number of phenols is 1. The van der Waals surface area contributed by atoms with Gasteiger partial charge in [0.15, 0.2) is 16.7 Å². The largest absolute Gasteiger partial charge is 0.504 e. The molecule has 28 heavy (non-hydrogen) atoms. The molecule has 3 rings (SSSR count). The zero-order chi connectivity index (χ0) is 20.1. The van der Waals surface area contributed by atoms with Gasteiger partial charge in [0.05, 0.1) is 24.8 Å². The molecule has 146 valence electrons. The first-order chi connectivity index (χ1) is 13.5. The topological polar surface area (TPSA) is 71.4 Å². The molecule has 7 heteroatoms. The number of rotatable bonds is 6. The SMILES string of the molecule is CCCN1C(=O)C(=Cc2ccc(O)c(OC)c2)SC1=Nc1ccc(OC)cc1. The number of amides is 1. The maximum Gasteiger partial charge on any atom is 0.266 e. The molecule has 1 amide bonds. The van der Waals surface area contributed by atoms with Gasteiger partial charge >= 0.3 is 0 Å². The summed E-state index contributed by atoms with van der Waals surface area (Å²) in [5, 5.41) is 10.4. The minimum atomic E-state index is -0.0776. The second-order valence-electron chi connectivity index (χ2n) is 6.09. The van der Waals surface area contributed by atoms with Gasteiger partial charge in [-0.1, -0.05) is 13.0 Å². The summed E-state index contributed by atoms with van der Waals surface area (Å²) in [7, 11) is 3.11. The highest BCUT2D eigenvalue weighted by atomic mass is 32.2. The van der Waals surface area contributed by atoms with E-state index < -0.39 is 0 Å². The summed E-state index contributed by atoms with van der Waals surface area (Å²) < 4.78 is 10.3. The van der Waals surface area contributed by atoms with Gasteiger partial charge < -0.3 is 14.6 Å². The number of phenolic OH excluding ortho intramolecular Hbond substituents is 1. The van der Waals surface area contributed by atoms with Gasteiger partial charge in [-0.25, -0.2) is 4.99 Å². The third-order valence-corrected chi connectivity index (χ3v) is 5.14. The number of aliphatic imine (C=N–C) groups is 1. The van der Waals surface area contributed by atoms with E-state index in [1.54, 1.807) is 36.3 Å². The fourth-order valence-corrected chi connectivity index (χ4v) is 3.74. The number of amidine groups is 1. The lowest BCUT2D eigenvalue weighted by Gasteiger charge is -2.14. The number of hydrogen-bond donors (Lipinski definition) is 1. The fraction of sp³-hybridized carbons (Fsp3) is 0.238. The molecule has 0 bridgehead atoms. The van der Waals surface area contributed by atoms with E-state index in [-0.39, 0.29) is 11.7 Å². The molecule has 1 N–H and O–H groups in total. The van der Waals surface area contributed by atoms with Crippen LogP contribution in [0.15, 0.2) is 52.4 Å². The number of ether oxygens (including phenoxy) is 2. The van der Waals surface area contributed by atoms with Crippen LogP contribution in [0.3, 0.4) is 0 Å². The summed E-state index contributed by atoms with van der Waals surface area (Å²) in [6.45, 7) is 2.62. The van der Waals surface area contributed by atoms with E-state index in [2.05, 4.69) is 4.99 Å². The number of aromatic hydroxyl groups is 1. The third kappa shape index (κ3) is 4.31. The Morgan fingerprint density at radius 1 is 1.14 bits per heavy atom. The Bertz CT molecular complexity index is 923. The summed E-state index contributed by atoms with van der Waals surface area (Å²) in [5.74, 6) is 1.10. The van der Waals surface area contributed by atoms with Crippen molar-refractivity contribution in [3.05, 3.63) is 52.9 Å². The van der Waals surface area contributed by atoms with Crippen LogP contribution >= 0.6 is 11.8 Å². The van der Waals surface area contributed by atoms with Crippen molar-refractivity contribution in [3.8, 4) is 17.2 Å². The number of nitrogens with zero attached hydrogens (tertiary/aromatic N) is 2. The number of methoxy groups -OCH3 is 2. The van der Waals surface area contributed by atoms with Crippen LogP contribution in [0.2, 0.25) is 0 Å². The molecule has 0 spiro atoms. The second kappa shape index (κ2) is 8.84. The lowest BCUT2D eigenvalue weighted by molar-refractivity contribution is -0.122. The first-order valence-electron chi connectivity index (χ1n) is 8.87. The van der Waals surface area contributed by atoms with Gasteiger partial charge in [0.25, 0.3) is 5.91 Å². The average Bonchev–Trinajstić information content (AvgIpc) is 2.99. The molecule has 0 aromatic heterocycles. The minimum absolute atomic E-state index is 0.0596. The zero-order valence-electron chi connectivity index (χ0n) is 16.0. The van der Waals surface area contributed by atoms with E-state index in [0.29, 0.717) is 22.4 Å². The Morgan fingerprint density at radius 2 is 1.89 bits per heavy atom. The number of hydrogen-bond acceptors (Lipinski definition) is 6. The van der Waals surface area contributed by atoms with E-state index in [4.69, 9.17) is 9.47 Å². The standard InChI is InChI=1S/C21H22N2O4S/c1-4-11-23-20(25)19(13-14-5-10-17(24)18(12-14)27-3)28-21(23)22-15-6-8-16(26-2)9-7-15/h5-10,12-13,24H,4,11H2,1-3H3. The molecule has 0 radical (unpaired) electrons. The lowest BCUT2D eigenvalue weighted by Crippen LogP contribution is -2.29. The summed E-state index contributed by atoms with van der Waals surface area (Å²) in [6, 6.07) is 12.4. The first kappa shape index (κ1) is 19.8. The van der Waals surface area contributed by atoms with Gasteiger partial charge in [0.1, 0.15) is 5.75 Å². The Hall–Kier alpha value is -2.93. The van der Waals surface area contributed by atoms with Crippen LogP contribution in [0.25, 0.3) is 6.08 Å². The molecule has 1 heterocycles. The van der Waals surface area contributed by atoms with E-state index in [1.807, 2.05) is 31.2 Å². The normalized spacial score (nSPS) is 16.8. The van der Waals surface area contributed by atoms with Crippen molar-refractivity contribution in [2.75, 3.05) is 20.8 Å². The smallest absolute Gasteiger partial charge is 0.266 e. The Kier molecular flexibility index (Phi) is 6.26. The second-order valence-corrected chi connectivity index (χ2v) is 7.10. The van der Waals surface area contributed by atoms with E-state index >= 15 is 0 Å². The maximum absolute atomic E-state index is 12.9. The number of thioether (sulfide) groups is 1. The lowest BCUT2D eigenvalue weighted by atomic mass is 10.2. The highest BCUT2D eigenvalue weighted by Gasteiger charge is 2.32. The molecule has 2 aromatic rings. The zero-order valence-corrected chi connectivity index (χ0v) is 16.8. The van der Waals surface area contributed by atoms with Gasteiger partial charge in [0, 0.05) is 6.54 Å². The predicted octanol–water partition coefficient (Wildman–Crippen LogP) is 4.42. The van der Waals surface area contributed by atoms with Crippen LogP contribution < -0.4 is 9.47 Å². The van der Waals surface area contributed by atoms with Gasteiger partial charge in [-0.05, 0) is 66.2 Å². The van der Waals surface area contributed by atoms with E-state index in [9.17, 15) is 9.90 Å². The molecule has 0 atom stereocenters. The molecule has 1 fully saturated rings. The maximum atomic E-state index is 12.9. The van der Waals surface area contributed by atoms with Gasteiger partial charge in [-0.15, -0.1) is 0 Å². The molecule has 1 aliphatic rings. The summed E-state index contributed by atoms with van der Waals surface area (Å²) in [6.07, 6.45) is 2.61. The van der Waals surface area contributed by atoms with Crippen molar-refractivity contribution >= 4 is 34.6 Å². The summed E-state index contributed by atoms with van der Waals surface area (Å²) in [5.41, 5.74) is 1.53. The van der Waals surface area contributed by atoms with Crippen LogP contribution in [-0.2, 0) is 4.79 Å². The van der Waals surface area contributed by atoms with Crippen LogP contribution in [0.5, 0.6) is 17.2 Å².